The van der Waals surface area contributed by atoms with Crippen LogP contribution < -0.4 is 4.74 Å². The number of methoxy groups -OCH3 is 1. The average Bonchev–Trinajstić information content (AvgIpc) is 3.11. The molecule has 1 aliphatic carbocycles. The summed E-state index contributed by atoms with van der Waals surface area (Å²) in [6, 6.07) is 7.74. The maximum atomic E-state index is 5.21. The fourth-order valence-electron chi connectivity index (χ4n) is 2.62. The Morgan fingerprint density at radius 1 is 1.32 bits per heavy atom. The smallest absolute Gasteiger partial charge is 0.205 e. The maximum Gasteiger partial charge on any atom is 0.205 e. The van der Waals surface area contributed by atoms with Crippen molar-refractivity contribution in [2.24, 2.45) is 5.92 Å². The highest BCUT2D eigenvalue weighted by molar-refractivity contribution is 5.56. The van der Waals surface area contributed by atoms with E-state index < -0.39 is 0 Å². The number of hydrogen-bond acceptors (Lipinski definition) is 4. The summed E-state index contributed by atoms with van der Waals surface area (Å²) in [7, 11) is 1.66. The first kappa shape index (κ1) is 12.1. The van der Waals surface area contributed by atoms with E-state index in [2.05, 4.69) is 15.4 Å². The predicted octanol–water partition coefficient (Wildman–Crippen LogP) is 2.54. The van der Waals surface area contributed by atoms with Gasteiger partial charge in [0.2, 0.25) is 5.82 Å². The van der Waals surface area contributed by atoms with Gasteiger partial charge in [0.05, 0.1) is 13.7 Å². The first-order valence-electron chi connectivity index (χ1n) is 6.77. The predicted molar refractivity (Wildman–Crippen MR) is 71.8 cm³/mol. The second-order valence-corrected chi connectivity index (χ2v) is 5.05. The number of hydrogen-bond donors (Lipinski definition) is 0. The Morgan fingerprint density at radius 2 is 2.16 bits per heavy atom. The second kappa shape index (κ2) is 5.38. The molecule has 5 heteroatoms. The lowest BCUT2D eigenvalue weighted by atomic mass is 10.1. The summed E-state index contributed by atoms with van der Waals surface area (Å²) in [5.41, 5.74) is 0.942. The van der Waals surface area contributed by atoms with Gasteiger partial charge in [-0.1, -0.05) is 25.0 Å². The van der Waals surface area contributed by atoms with E-state index in [1.807, 2.05) is 24.3 Å². The number of nitrogens with zero attached hydrogens (tertiary/aromatic N) is 4. The molecule has 19 heavy (non-hydrogen) atoms. The van der Waals surface area contributed by atoms with Gasteiger partial charge in [0.25, 0.3) is 0 Å². The van der Waals surface area contributed by atoms with Crippen molar-refractivity contribution in [2.75, 3.05) is 7.11 Å². The summed E-state index contributed by atoms with van der Waals surface area (Å²) in [6.45, 7) is 0.886. The Bertz CT molecular complexity index is 546. The Kier molecular flexibility index (Phi) is 3.44. The minimum atomic E-state index is 0.664. The lowest BCUT2D eigenvalue weighted by Crippen LogP contribution is -2.10. The minimum absolute atomic E-state index is 0.664. The SMILES string of the molecule is COc1cccc(-c2nnn(CC3CCCC3)n2)c1. The number of ether oxygens (including phenoxy) is 1. The van der Waals surface area contributed by atoms with Gasteiger partial charge >= 0.3 is 0 Å². The van der Waals surface area contributed by atoms with Crippen molar-refractivity contribution in [1.29, 1.82) is 0 Å². The standard InChI is InChI=1S/C14H18N4O/c1-19-13-8-4-7-12(9-13)14-15-17-18(16-14)10-11-5-2-3-6-11/h4,7-9,11H,2-3,5-6,10H2,1H3. The van der Waals surface area contributed by atoms with Gasteiger partial charge in [-0.05, 0) is 36.1 Å². The summed E-state index contributed by atoms with van der Waals surface area (Å²) < 4.78 is 5.21. The van der Waals surface area contributed by atoms with Crippen LogP contribution >= 0.6 is 0 Å². The molecule has 2 aromatic rings. The summed E-state index contributed by atoms with van der Waals surface area (Å²) >= 11 is 0. The molecule has 0 bridgehead atoms. The number of rotatable bonds is 4. The van der Waals surface area contributed by atoms with Crippen LogP contribution in [0.3, 0.4) is 0 Å². The van der Waals surface area contributed by atoms with E-state index in [4.69, 9.17) is 4.74 Å². The molecule has 0 amide bonds. The number of benzene rings is 1. The van der Waals surface area contributed by atoms with Gasteiger partial charge in [-0.3, -0.25) is 0 Å². The highest BCUT2D eigenvalue weighted by Crippen LogP contribution is 2.26. The molecule has 1 fully saturated rings. The van der Waals surface area contributed by atoms with Crippen molar-refractivity contribution < 1.29 is 4.74 Å². The lowest BCUT2D eigenvalue weighted by Gasteiger charge is -2.05. The van der Waals surface area contributed by atoms with Gasteiger partial charge in [0, 0.05) is 5.56 Å². The van der Waals surface area contributed by atoms with Crippen LogP contribution in [-0.4, -0.2) is 27.3 Å². The van der Waals surface area contributed by atoms with Gasteiger partial charge in [-0.15, -0.1) is 10.2 Å². The third-order valence-corrected chi connectivity index (χ3v) is 3.68. The average molecular weight is 258 g/mol. The molecule has 0 saturated heterocycles. The minimum Gasteiger partial charge on any atom is -0.497 e. The fraction of sp³-hybridized carbons (Fsp3) is 0.500. The summed E-state index contributed by atoms with van der Waals surface area (Å²) in [6.07, 6.45) is 5.25. The Balaban J connectivity index is 1.76. The zero-order valence-electron chi connectivity index (χ0n) is 11.1. The molecule has 0 N–H and O–H groups in total. The highest BCUT2D eigenvalue weighted by Gasteiger charge is 2.17. The normalized spacial score (nSPS) is 15.8. The van der Waals surface area contributed by atoms with Crippen LogP contribution in [0.15, 0.2) is 24.3 Å². The van der Waals surface area contributed by atoms with E-state index in [0.29, 0.717) is 11.7 Å². The van der Waals surface area contributed by atoms with E-state index in [9.17, 15) is 0 Å². The molecular weight excluding hydrogens is 240 g/mol. The molecule has 1 aliphatic rings. The second-order valence-electron chi connectivity index (χ2n) is 5.05. The molecule has 1 aromatic heterocycles. The quantitative estimate of drug-likeness (QED) is 0.845. The Hall–Kier alpha value is -1.91. The third kappa shape index (κ3) is 2.75. The summed E-state index contributed by atoms with van der Waals surface area (Å²) in [5.74, 6) is 2.19. The first-order chi connectivity index (χ1) is 9.35. The van der Waals surface area contributed by atoms with Gasteiger partial charge in [-0.25, -0.2) is 0 Å². The lowest BCUT2D eigenvalue weighted by molar-refractivity contribution is 0.389. The van der Waals surface area contributed by atoms with E-state index in [1.54, 1.807) is 11.9 Å². The van der Waals surface area contributed by atoms with Crippen LogP contribution in [0.2, 0.25) is 0 Å². The van der Waals surface area contributed by atoms with Crippen LogP contribution in [0.1, 0.15) is 25.7 Å². The highest BCUT2D eigenvalue weighted by atomic mass is 16.5. The van der Waals surface area contributed by atoms with E-state index in [-0.39, 0.29) is 0 Å². The molecule has 0 atom stereocenters. The number of aromatic nitrogens is 4. The van der Waals surface area contributed by atoms with Gasteiger partial charge in [-0.2, -0.15) is 4.80 Å². The molecule has 0 unspecified atom stereocenters. The van der Waals surface area contributed by atoms with Crippen LogP contribution in [0, 0.1) is 5.92 Å². The zero-order chi connectivity index (χ0) is 13.1. The van der Waals surface area contributed by atoms with Crippen molar-refractivity contribution in [3.05, 3.63) is 24.3 Å². The van der Waals surface area contributed by atoms with Crippen LogP contribution in [0.4, 0.5) is 0 Å². The Morgan fingerprint density at radius 3 is 2.95 bits per heavy atom. The van der Waals surface area contributed by atoms with Crippen LogP contribution in [0.25, 0.3) is 11.4 Å². The van der Waals surface area contributed by atoms with Gasteiger partial charge in [0.1, 0.15) is 5.75 Å². The van der Waals surface area contributed by atoms with E-state index >= 15 is 0 Å². The van der Waals surface area contributed by atoms with E-state index in [1.165, 1.54) is 25.7 Å². The maximum absolute atomic E-state index is 5.21. The third-order valence-electron chi connectivity index (χ3n) is 3.68. The molecule has 0 spiro atoms. The molecule has 0 aliphatic heterocycles. The molecule has 3 rings (SSSR count). The van der Waals surface area contributed by atoms with Crippen molar-refractivity contribution in [3.63, 3.8) is 0 Å². The fourth-order valence-corrected chi connectivity index (χ4v) is 2.62. The van der Waals surface area contributed by atoms with Gasteiger partial charge in [0.15, 0.2) is 0 Å². The van der Waals surface area contributed by atoms with E-state index in [0.717, 1.165) is 17.9 Å². The van der Waals surface area contributed by atoms with Crippen molar-refractivity contribution in [2.45, 2.75) is 32.2 Å². The van der Waals surface area contributed by atoms with Crippen LogP contribution in [-0.2, 0) is 6.54 Å². The van der Waals surface area contributed by atoms with Crippen molar-refractivity contribution >= 4 is 0 Å². The molecule has 5 nitrogen and oxygen atoms in total. The molecule has 1 saturated carbocycles. The first-order valence-corrected chi connectivity index (χ1v) is 6.77. The summed E-state index contributed by atoms with van der Waals surface area (Å²) in [5, 5.41) is 12.7. The van der Waals surface area contributed by atoms with Gasteiger partial charge < -0.3 is 4.74 Å². The molecule has 1 heterocycles. The zero-order valence-corrected chi connectivity index (χ0v) is 11.1. The van der Waals surface area contributed by atoms with Crippen molar-refractivity contribution in [3.8, 4) is 17.1 Å². The largest absolute Gasteiger partial charge is 0.497 e. The van der Waals surface area contributed by atoms with Crippen molar-refractivity contribution in [1.82, 2.24) is 20.2 Å². The molecule has 0 radical (unpaired) electrons. The molecule has 100 valence electrons. The number of tetrazole rings is 1. The Labute approximate surface area is 112 Å². The van der Waals surface area contributed by atoms with Crippen LogP contribution in [0.5, 0.6) is 5.75 Å². The monoisotopic (exact) mass is 258 g/mol. The summed E-state index contributed by atoms with van der Waals surface area (Å²) in [4.78, 5) is 1.73. The molecular formula is C14H18N4O. The topological polar surface area (TPSA) is 52.8 Å². The molecule has 1 aromatic carbocycles.